The molecule has 4 aromatic heterocycles. The highest BCUT2D eigenvalue weighted by Gasteiger charge is 2.29. The van der Waals surface area contributed by atoms with Gasteiger partial charge < -0.3 is 18.8 Å². The summed E-state index contributed by atoms with van der Waals surface area (Å²) in [6.07, 6.45) is 3.62. The Balaban J connectivity index is 1.56. The number of pyridine rings is 2. The minimum Gasteiger partial charge on any atom is -0.491 e. The summed E-state index contributed by atoms with van der Waals surface area (Å²) < 4.78 is 62.7. The van der Waals surface area contributed by atoms with Crippen molar-refractivity contribution in [3.05, 3.63) is 65.2 Å². The van der Waals surface area contributed by atoms with Gasteiger partial charge in [-0.25, -0.2) is 26.7 Å². The standard InChI is InChI=1S/C30H31ClFN5O5S/c1-19-5-7-20(8-6-19)43(38,39)37-24(15-21-27(31)23(32)17-33-29(21)37)22-18-36(10-4-9-35-11-13-42-14-12-35)25-16-26(40-2)30(41-3)34-28(22)25/h5-8,15-18H,4,9-14H2,1-3H3. The topological polar surface area (TPSA) is 101 Å². The van der Waals surface area contributed by atoms with E-state index in [0.29, 0.717) is 36.6 Å². The van der Waals surface area contributed by atoms with E-state index in [1.807, 2.05) is 23.8 Å². The lowest BCUT2D eigenvalue weighted by Crippen LogP contribution is -2.37. The van der Waals surface area contributed by atoms with Gasteiger partial charge in [-0.15, -0.1) is 0 Å². The second-order valence-corrected chi connectivity index (χ2v) is 12.5. The fourth-order valence-electron chi connectivity index (χ4n) is 5.44. The summed E-state index contributed by atoms with van der Waals surface area (Å²) in [5, 5.41) is -0.0494. The monoisotopic (exact) mass is 627 g/mol. The number of aryl methyl sites for hydroxylation is 2. The molecule has 0 bridgehead atoms. The van der Waals surface area contributed by atoms with Gasteiger partial charge in [-0.05, 0) is 31.5 Å². The van der Waals surface area contributed by atoms with Gasteiger partial charge in [0.2, 0.25) is 0 Å². The van der Waals surface area contributed by atoms with E-state index in [4.69, 9.17) is 30.8 Å². The van der Waals surface area contributed by atoms with Gasteiger partial charge in [-0.2, -0.15) is 0 Å². The predicted molar refractivity (Wildman–Crippen MR) is 162 cm³/mol. The summed E-state index contributed by atoms with van der Waals surface area (Å²) in [5.74, 6) is -0.0667. The van der Waals surface area contributed by atoms with Crippen molar-refractivity contribution in [3.8, 4) is 22.9 Å². The van der Waals surface area contributed by atoms with Crippen LogP contribution in [0.2, 0.25) is 5.02 Å². The van der Waals surface area contributed by atoms with E-state index in [1.54, 1.807) is 18.2 Å². The third kappa shape index (κ3) is 5.33. The van der Waals surface area contributed by atoms with Crippen LogP contribution < -0.4 is 9.47 Å². The molecule has 1 aromatic carbocycles. The molecule has 0 saturated carbocycles. The van der Waals surface area contributed by atoms with E-state index in [-0.39, 0.29) is 32.5 Å². The fourth-order valence-corrected chi connectivity index (χ4v) is 7.10. The van der Waals surface area contributed by atoms with Crippen LogP contribution in [-0.2, 0) is 21.3 Å². The second-order valence-electron chi connectivity index (χ2n) is 10.4. The molecule has 1 fully saturated rings. The molecule has 0 N–H and O–H groups in total. The van der Waals surface area contributed by atoms with Crippen LogP contribution in [-0.4, -0.2) is 78.9 Å². The van der Waals surface area contributed by atoms with Gasteiger partial charge in [-0.1, -0.05) is 29.3 Å². The van der Waals surface area contributed by atoms with Crippen molar-refractivity contribution < 1.29 is 27.0 Å². The molecule has 1 aliphatic heterocycles. The molecule has 1 aliphatic rings. The number of aromatic nitrogens is 4. The highest BCUT2D eigenvalue weighted by molar-refractivity contribution is 7.90. The summed E-state index contributed by atoms with van der Waals surface area (Å²) in [6, 6.07) is 9.88. The third-order valence-corrected chi connectivity index (χ3v) is 9.79. The average Bonchev–Trinajstić information content (AvgIpc) is 3.58. The molecule has 43 heavy (non-hydrogen) atoms. The van der Waals surface area contributed by atoms with Gasteiger partial charge in [0.15, 0.2) is 17.2 Å². The first-order chi connectivity index (χ1) is 20.7. The Kier molecular flexibility index (Phi) is 8.03. The molecule has 1 saturated heterocycles. The quantitative estimate of drug-likeness (QED) is 0.222. The number of hydrogen-bond donors (Lipinski definition) is 0. The van der Waals surface area contributed by atoms with Crippen molar-refractivity contribution in [1.29, 1.82) is 0 Å². The molecule has 0 spiro atoms. The number of rotatable bonds is 9. The Bertz CT molecular complexity index is 1920. The van der Waals surface area contributed by atoms with Crippen molar-refractivity contribution in [1.82, 2.24) is 23.4 Å². The van der Waals surface area contributed by atoms with Crippen LogP contribution in [0.4, 0.5) is 4.39 Å². The molecule has 226 valence electrons. The smallest absolute Gasteiger partial charge is 0.269 e. The lowest BCUT2D eigenvalue weighted by molar-refractivity contribution is 0.0369. The summed E-state index contributed by atoms with van der Waals surface area (Å²) in [5.41, 5.74) is 2.87. The first-order valence-corrected chi connectivity index (χ1v) is 15.6. The minimum atomic E-state index is -4.21. The van der Waals surface area contributed by atoms with Crippen molar-refractivity contribution in [3.63, 3.8) is 0 Å². The van der Waals surface area contributed by atoms with Gasteiger partial charge in [0.25, 0.3) is 15.9 Å². The Labute approximate surface area is 253 Å². The summed E-state index contributed by atoms with van der Waals surface area (Å²) >= 11 is 6.37. The lowest BCUT2D eigenvalue weighted by atomic mass is 10.2. The number of hydrogen-bond acceptors (Lipinski definition) is 8. The van der Waals surface area contributed by atoms with Crippen LogP contribution in [0.25, 0.3) is 33.3 Å². The van der Waals surface area contributed by atoms with E-state index in [1.165, 1.54) is 26.4 Å². The maximum atomic E-state index is 14.6. The van der Waals surface area contributed by atoms with E-state index >= 15 is 0 Å². The number of halogens is 2. The van der Waals surface area contributed by atoms with Crippen molar-refractivity contribution in [2.45, 2.75) is 24.8 Å². The number of nitrogens with zero attached hydrogens (tertiary/aromatic N) is 5. The predicted octanol–water partition coefficient (Wildman–Crippen LogP) is 5.13. The summed E-state index contributed by atoms with van der Waals surface area (Å²) in [6.45, 7) is 6.57. The molecule has 5 heterocycles. The number of ether oxygens (including phenoxy) is 3. The molecular weight excluding hydrogens is 597 g/mol. The molecule has 0 radical (unpaired) electrons. The Morgan fingerprint density at radius 2 is 1.81 bits per heavy atom. The maximum Gasteiger partial charge on any atom is 0.269 e. The molecule has 10 nitrogen and oxygen atoms in total. The number of benzene rings is 1. The van der Waals surface area contributed by atoms with Gasteiger partial charge in [0.05, 0.1) is 54.8 Å². The maximum absolute atomic E-state index is 14.6. The molecule has 5 aromatic rings. The van der Waals surface area contributed by atoms with Crippen LogP contribution in [0.1, 0.15) is 12.0 Å². The van der Waals surface area contributed by atoms with Gasteiger partial charge >= 0.3 is 0 Å². The zero-order valence-corrected chi connectivity index (χ0v) is 25.6. The number of morpholine rings is 1. The lowest BCUT2D eigenvalue weighted by Gasteiger charge is -2.26. The third-order valence-electron chi connectivity index (χ3n) is 7.69. The highest BCUT2D eigenvalue weighted by Crippen LogP contribution is 2.40. The Hall–Kier alpha value is -3.71. The molecule has 0 atom stereocenters. The van der Waals surface area contributed by atoms with Crippen LogP contribution in [0.3, 0.4) is 0 Å². The Morgan fingerprint density at radius 1 is 1.07 bits per heavy atom. The van der Waals surface area contributed by atoms with Crippen molar-refractivity contribution in [2.24, 2.45) is 0 Å². The van der Waals surface area contributed by atoms with E-state index < -0.39 is 15.8 Å². The SMILES string of the molecule is COc1cc2c(nc1OC)c(-c1cc3c(Cl)c(F)cnc3n1S(=O)(=O)c1ccc(C)cc1)cn2CCCN1CCOCC1. The molecule has 13 heteroatoms. The van der Waals surface area contributed by atoms with Gasteiger partial charge in [-0.3, -0.25) is 4.90 Å². The minimum absolute atomic E-state index is 0.00988. The van der Waals surface area contributed by atoms with Crippen LogP contribution in [0.15, 0.2) is 53.7 Å². The molecule has 0 aliphatic carbocycles. The van der Waals surface area contributed by atoms with Gasteiger partial charge in [0, 0.05) is 49.4 Å². The van der Waals surface area contributed by atoms with Crippen LogP contribution in [0.5, 0.6) is 11.6 Å². The number of fused-ring (bicyclic) bond motifs is 2. The summed E-state index contributed by atoms with van der Waals surface area (Å²) in [4.78, 5) is 11.3. The first-order valence-electron chi connectivity index (χ1n) is 13.8. The van der Waals surface area contributed by atoms with Crippen LogP contribution in [0, 0.1) is 12.7 Å². The second kappa shape index (κ2) is 11.8. The fraction of sp³-hybridized carbons (Fsp3) is 0.333. The molecule has 0 unspecified atom stereocenters. The Morgan fingerprint density at radius 3 is 2.51 bits per heavy atom. The van der Waals surface area contributed by atoms with E-state index in [9.17, 15) is 12.8 Å². The van der Waals surface area contributed by atoms with Crippen molar-refractivity contribution in [2.75, 3.05) is 47.1 Å². The molecule has 0 amide bonds. The highest BCUT2D eigenvalue weighted by atomic mass is 35.5. The average molecular weight is 628 g/mol. The normalized spacial score (nSPS) is 14.5. The van der Waals surface area contributed by atoms with Crippen LogP contribution >= 0.6 is 11.6 Å². The molecular formula is C30H31ClFN5O5S. The number of methoxy groups -OCH3 is 2. The molecule has 6 rings (SSSR count). The largest absolute Gasteiger partial charge is 0.491 e. The first kappa shape index (κ1) is 29.4. The summed E-state index contributed by atoms with van der Waals surface area (Å²) in [7, 11) is -1.18. The zero-order valence-electron chi connectivity index (χ0n) is 24.0. The zero-order chi connectivity index (χ0) is 30.3. The van der Waals surface area contributed by atoms with E-state index in [2.05, 4.69) is 9.88 Å². The van der Waals surface area contributed by atoms with Gasteiger partial charge in [0.1, 0.15) is 5.52 Å². The van der Waals surface area contributed by atoms with Crippen molar-refractivity contribution >= 4 is 43.7 Å². The van der Waals surface area contributed by atoms with E-state index in [0.717, 1.165) is 47.3 Å².